The molecule has 1 unspecified atom stereocenters. The van der Waals surface area contributed by atoms with Gasteiger partial charge in [0.15, 0.2) is 0 Å². The van der Waals surface area contributed by atoms with Gasteiger partial charge in [0.1, 0.15) is 5.54 Å². The summed E-state index contributed by atoms with van der Waals surface area (Å²) in [5.74, 6) is -1.01. The predicted molar refractivity (Wildman–Crippen MR) is 82.4 cm³/mol. The molecular weight excluding hydrogens is 272 g/mol. The number of urea groups is 1. The van der Waals surface area contributed by atoms with Crippen LogP contribution in [0.25, 0.3) is 0 Å². The zero-order chi connectivity index (χ0) is 16.5. The lowest BCUT2D eigenvalue weighted by atomic mass is 9.96. The van der Waals surface area contributed by atoms with Crippen LogP contribution in [0, 0.1) is 0 Å². The SMILES string of the molecule is CCCC(C)(NC(=O)N(CCOC)C(CC)CC)C(=O)O. The molecule has 0 aliphatic carbocycles. The number of aliphatic carboxylic acids is 1. The standard InChI is InChI=1S/C15H30N2O4/c1-6-9-15(4,13(18)19)16-14(20)17(10-11-21-5)12(7-2)8-3/h12H,6-11H2,1-5H3,(H,16,20)(H,18,19). The fourth-order valence-electron chi connectivity index (χ4n) is 2.40. The Morgan fingerprint density at radius 2 is 1.86 bits per heavy atom. The Bertz CT molecular complexity index is 332. The maximum absolute atomic E-state index is 12.5. The van der Waals surface area contributed by atoms with E-state index in [9.17, 15) is 14.7 Å². The van der Waals surface area contributed by atoms with Crippen molar-refractivity contribution in [2.24, 2.45) is 0 Å². The van der Waals surface area contributed by atoms with Crippen molar-refractivity contribution in [1.29, 1.82) is 0 Å². The summed E-state index contributed by atoms with van der Waals surface area (Å²) < 4.78 is 5.05. The third kappa shape index (κ3) is 5.91. The van der Waals surface area contributed by atoms with Crippen LogP contribution in [-0.4, -0.2) is 53.8 Å². The molecule has 0 aromatic heterocycles. The summed E-state index contributed by atoms with van der Waals surface area (Å²) in [4.78, 5) is 25.6. The lowest BCUT2D eigenvalue weighted by Gasteiger charge is -2.34. The van der Waals surface area contributed by atoms with E-state index >= 15 is 0 Å². The Labute approximate surface area is 127 Å². The molecule has 0 heterocycles. The van der Waals surface area contributed by atoms with Gasteiger partial charge in [0, 0.05) is 19.7 Å². The molecule has 2 amide bonds. The average Bonchev–Trinajstić information content (AvgIpc) is 2.43. The Hall–Kier alpha value is -1.30. The van der Waals surface area contributed by atoms with E-state index in [4.69, 9.17) is 4.74 Å². The van der Waals surface area contributed by atoms with Gasteiger partial charge in [-0.3, -0.25) is 0 Å². The highest BCUT2D eigenvalue weighted by molar-refractivity contribution is 5.86. The number of rotatable bonds is 10. The van der Waals surface area contributed by atoms with Gasteiger partial charge < -0.3 is 20.1 Å². The summed E-state index contributed by atoms with van der Waals surface area (Å²) in [6, 6.07) is -0.251. The second-order valence-corrected chi connectivity index (χ2v) is 5.47. The highest BCUT2D eigenvalue weighted by atomic mass is 16.5. The third-order valence-electron chi connectivity index (χ3n) is 3.79. The highest BCUT2D eigenvalue weighted by Gasteiger charge is 2.36. The molecule has 0 aliphatic rings. The first-order valence-corrected chi connectivity index (χ1v) is 7.67. The number of nitrogens with zero attached hydrogens (tertiary/aromatic N) is 1. The highest BCUT2D eigenvalue weighted by Crippen LogP contribution is 2.15. The number of methoxy groups -OCH3 is 1. The number of hydrogen-bond donors (Lipinski definition) is 2. The molecule has 0 fully saturated rings. The van der Waals surface area contributed by atoms with Crippen LogP contribution in [0.1, 0.15) is 53.4 Å². The monoisotopic (exact) mass is 302 g/mol. The number of nitrogens with one attached hydrogen (secondary N) is 1. The van der Waals surface area contributed by atoms with E-state index < -0.39 is 11.5 Å². The van der Waals surface area contributed by atoms with Crippen LogP contribution < -0.4 is 5.32 Å². The van der Waals surface area contributed by atoms with Gasteiger partial charge in [-0.05, 0) is 26.2 Å². The molecule has 0 aromatic carbocycles. The average molecular weight is 302 g/mol. The van der Waals surface area contributed by atoms with Crippen molar-refractivity contribution in [3.8, 4) is 0 Å². The normalized spacial score (nSPS) is 13.8. The molecule has 6 nitrogen and oxygen atoms in total. The van der Waals surface area contributed by atoms with E-state index in [1.165, 1.54) is 0 Å². The molecule has 2 N–H and O–H groups in total. The van der Waals surface area contributed by atoms with Crippen molar-refractivity contribution in [2.45, 2.75) is 65.0 Å². The van der Waals surface area contributed by atoms with Crippen LogP contribution in [0.4, 0.5) is 4.79 Å². The van der Waals surface area contributed by atoms with E-state index in [2.05, 4.69) is 5.32 Å². The summed E-state index contributed by atoms with van der Waals surface area (Å²) in [6.45, 7) is 8.38. The Morgan fingerprint density at radius 1 is 1.29 bits per heavy atom. The summed E-state index contributed by atoms with van der Waals surface area (Å²) in [6.07, 6.45) is 2.73. The van der Waals surface area contributed by atoms with Gasteiger partial charge in [-0.1, -0.05) is 27.2 Å². The molecule has 0 radical (unpaired) electrons. The zero-order valence-corrected chi connectivity index (χ0v) is 13.9. The van der Waals surface area contributed by atoms with Crippen LogP contribution in [-0.2, 0) is 9.53 Å². The summed E-state index contributed by atoms with van der Waals surface area (Å²) in [5, 5.41) is 12.0. The zero-order valence-electron chi connectivity index (χ0n) is 13.9. The van der Waals surface area contributed by atoms with Crippen molar-refractivity contribution in [3.63, 3.8) is 0 Å². The summed E-state index contributed by atoms with van der Waals surface area (Å²) in [5.41, 5.74) is -1.23. The first-order chi connectivity index (χ1) is 9.86. The minimum atomic E-state index is -1.23. The van der Waals surface area contributed by atoms with E-state index in [0.717, 1.165) is 12.8 Å². The minimum Gasteiger partial charge on any atom is -0.480 e. The number of ether oxygens (including phenoxy) is 1. The number of hydrogen-bond acceptors (Lipinski definition) is 3. The maximum atomic E-state index is 12.5. The predicted octanol–water partition coefficient (Wildman–Crippen LogP) is 2.48. The van der Waals surface area contributed by atoms with Gasteiger partial charge in [0.25, 0.3) is 0 Å². The second-order valence-electron chi connectivity index (χ2n) is 5.47. The van der Waals surface area contributed by atoms with Crippen molar-refractivity contribution in [3.05, 3.63) is 0 Å². The van der Waals surface area contributed by atoms with E-state index in [0.29, 0.717) is 26.0 Å². The molecule has 0 aliphatic heterocycles. The van der Waals surface area contributed by atoms with Gasteiger partial charge >= 0.3 is 12.0 Å². The molecule has 0 saturated carbocycles. The Kier molecular flexibility index (Phi) is 9.01. The molecule has 0 aromatic rings. The Morgan fingerprint density at radius 3 is 2.24 bits per heavy atom. The largest absolute Gasteiger partial charge is 0.480 e. The second kappa shape index (κ2) is 9.60. The summed E-state index contributed by atoms with van der Waals surface area (Å²) in [7, 11) is 1.58. The summed E-state index contributed by atoms with van der Waals surface area (Å²) >= 11 is 0. The van der Waals surface area contributed by atoms with Crippen LogP contribution in [0.5, 0.6) is 0 Å². The quantitative estimate of drug-likeness (QED) is 0.650. The van der Waals surface area contributed by atoms with Crippen molar-refractivity contribution in [2.75, 3.05) is 20.3 Å². The minimum absolute atomic E-state index is 0.0832. The molecule has 124 valence electrons. The lowest BCUT2D eigenvalue weighted by molar-refractivity contribution is -0.144. The molecule has 6 heteroatoms. The first-order valence-electron chi connectivity index (χ1n) is 7.67. The fourth-order valence-corrected chi connectivity index (χ4v) is 2.40. The third-order valence-corrected chi connectivity index (χ3v) is 3.79. The van der Waals surface area contributed by atoms with Gasteiger partial charge in [0.05, 0.1) is 6.61 Å². The molecule has 0 bridgehead atoms. The van der Waals surface area contributed by atoms with Gasteiger partial charge in [-0.15, -0.1) is 0 Å². The van der Waals surface area contributed by atoms with E-state index in [1.54, 1.807) is 18.9 Å². The van der Waals surface area contributed by atoms with Gasteiger partial charge in [-0.25, -0.2) is 9.59 Å². The molecule has 0 saturated heterocycles. The molecule has 0 spiro atoms. The fraction of sp³-hybridized carbons (Fsp3) is 0.867. The van der Waals surface area contributed by atoms with Gasteiger partial charge in [-0.2, -0.15) is 0 Å². The number of carboxylic acids is 1. The van der Waals surface area contributed by atoms with E-state index in [-0.39, 0.29) is 12.1 Å². The number of carbonyl (C=O) groups excluding carboxylic acids is 1. The van der Waals surface area contributed by atoms with Crippen LogP contribution >= 0.6 is 0 Å². The van der Waals surface area contributed by atoms with Crippen LogP contribution in [0.2, 0.25) is 0 Å². The smallest absolute Gasteiger partial charge is 0.329 e. The van der Waals surface area contributed by atoms with Crippen LogP contribution in [0.3, 0.4) is 0 Å². The maximum Gasteiger partial charge on any atom is 0.329 e. The topological polar surface area (TPSA) is 78.9 Å². The van der Waals surface area contributed by atoms with Crippen molar-refractivity contribution >= 4 is 12.0 Å². The molecule has 0 rings (SSSR count). The van der Waals surface area contributed by atoms with Gasteiger partial charge in [0.2, 0.25) is 0 Å². The van der Waals surface area contributed by atoms with E-state index in [1.807, 2.05) is 20.8 Å². The molecule has 21 heavy (non-hydrogen) atoms. The molecule has 1 atom stereocenters. The van der Waals surface area contributed by atoms with Crippen molar-refractivity contribution in [1.82, 2.24) is 10.2 Å². The number of amides is 2. The number of carbonyl (C=O) groups is 2. The first kappa shape index (κ1) is 19.7. The number of carboxylic acid groups (broad SMARTS) is 1. The Balaban J connectivity index is 5.05. The van der Waals surface area contributed by atoms with Crippen LogP contribution in [0.15, 0.2) is 0 Å². The molecular formula is C15H30N2O4. The van der Waals surface area contributed by atoms with Crippen molar-refractivity contribution < 1.29 is 19.4 Å². The lowest BCUT2D eigenvalue weighted by Crippen LogP contribution is -2.58.